The molecule has 112 valence electrons. The summed E-state index contributed by atoms with van der Waals surface area (Å²) in [5, 5.41) is 3.19. The molecule has 1 atom stereocenters. The Kier molecular flexibility index (Phi) is 5.17. The molecule has 1 aliphatic heterocycles. The van der Waals surface area contributed by atoms with E-state index in [-0.39, 0.29) is 0 Å². The van der Waals surface area contributed by atoms with Gasteiger partial charge >= 0.3 is 0 Å². The number of nitrogens with zero attached hydrogens (tertiary/aromatic N) is 3. The maximum absolute atomic E-state index is 5.32. The number of hydrogen-bond donors (Lipinski definition) is 1. The summed E-state index contributed by atoms with van der Waals surface area (Å²) in [4.78, 5) is 11.3. The Morgan fingerprint density at radius 3 is 2.90 bits per heavy atom. The zero-order valence-electron chi connectivity index (χ0n) is 13.0. The number of rotatable bonds is 5. The molecule has 0 aromatic carbocycles. The summed E-state index contributed by atoms with van der Waals surface area (Å²) >= 11 is 0. The number of methoxy groups -OCH3 is 1. The van der Waals surface area contributed by atoms with Gasteiger partial charge in [-0.25, -0.2) is 9.97 Å². The van der Waals surface area contributed by atoms with Crippen molar-refractivity contribution in [2.24, 2.45) is 5.92 Å². The SMILES string of the molecule is CNc1ncnc(N2CCCC(COC)C2)c1C(C)C. The first-order valence-electron chi connectivity index (χ1n) is 7.43. The maximum Gasteiger partial charge on any atom is 0.137 e. The van der Waals surface area contributed by atoms with Crippen molar-refractivity contribution < 1.29 is 4.74 Å². The average molecular weight is 278 g/mol. The minimum Gasteiger partial charge on any atom is -0.384 e. The van der Waals surface area contributed by atoms with E-state index in [1.54, 1.807) is 13.4 Å². The fourth-order valence-corrected chi connectivity index (χ4v) is 3.00. The molecule has 1 N–H and O–H groups in total. The zero-order chi connectivity index (χ0) is 14.5. The second kappa shape index (κ2) is 6.88. The molecular weight excluding hydrogens is 252 g/mol. The molecule has 0 radical (unpaired) electrons. The molecule has 1 aromatic heterocycles. The van der Waals surface area contributed by atoms with Crippen LogP contribution in [0.25, 0.3) is 0 Å². The standard InChI is InChI=1S/C15H26N4O/c1-11(2)13-14(16-3)17-10-18-15(13)19-7-5-6-12(8-19)9-20-4/h10-12H,5-9H2,1-4H3,(H,16,17,18). The summed E-state index contributed by atoms with van der Waals surface area (Å²) in [6.07, 6.45) is 4.10. The first-order valence-corrected chi connectivity index (χ1v) is 7.43. The lowest BCUT2D eigenvalue weighted by atomic mass is 9.97. The third kappa shape index (κ3) is 3.20. The highest BCUT2D eigenvalue weighted by Crippen LogP contribution is 2.32. The Labute approximate surface area is 121 Å². The minimum absolute atomic E-state index is 0.399. The molecule has 2 rings (SSSR count). The van der Waals surface area contributed by atoms with E-state index in [0.717, 1.165) is 31.3 Å². The van der Waals surface area contributed by atoms with Gasteiger partial charge in [-0.05, 0) is 24.7 Å². The quantitative estimate of drug-likeness (QED) is 0.897. The van der Waals surface area contributed by atoms with Gasteiger partial charge < -0.3 is 15.0 Å². The van der Waals surface area contributed by atoms with Crippen LogP contribution in [0.5, 0.6) is 0 Å². The topological polar surface area (TPSA) is 50.3 Å². The molecule has 0 saturated carbocycles. The van der Waals surface area contributed by atoms with Crippen LogP contribution in [-0.4, -0.2) is 43.8 Å². The van der Waals surface area contributed by atoms with Gasteiger partial charge in [-0.15, -0.1) is 0 Å². The van der Waals surface area contributed by atoms with E-state index in [1.165, 1.54) is 18.4 Å². The van der Waals surface area contributed by atoms with Gasteiger partial charge in [0.05, 0.1) is 6.61 Å². The van der Waals surface area contributed by atoms with Gasteiger partial charge in [0.2, 0.25) is 0 Å². The number of anilines is 2. The highest BCUT2D eigenvalue weighted by Gasteiger charge is 2.25. The molecule has 1 aromatic rings. The highest BCUT2D eigenvalue weighted by atomic mass is 16.5. The molecule has 2 heterocycles. The first-order chi connectivity index (χ1) is 9.67. The Hall–Kier alpha value is -1.36. The molecule has 0 bridgehead atoms. The molecule has 5 nitrogen and oxygen atoms in total. The largest absolute Gasteiger partial charge is 0.384 e. The Balaban J connectivity index is 2.27. The van der Waals surface area contributed by atoms with Crippen LogP contribution in [-0.2, 0) is 4.74 Å². The van der Waals surface area contributed by atoms with Gasteiger partial charge in [-0.2, -0.15) is 0 Å². The lowest BCUT2D eigenvalue weighted by molar-refractivity contribution is 0.143. The predicted octanol–water partition coefficient (Wildman–Crippen LogP) is 2.50. The van der Waals surface area contributed by atoms with Crippen LogP contribution in [0.1, 0.15) is 38.2 Å². The van der Waals surface area contributed by atoms with E-state index < -0.39 is 0 Å². The van der Waals surface area contributed by atoms with Crippen LogP contribution in [0, 0.1) is 5.92 Å². The number of nitrogens with one attached hydrogen (secondary N) is 1. The van der Waals surface area contributed by atoms with Crippen LogP contribution in [0.4, 0.5) is 11.6 Å². The minimum atomic E-state index is 0.399. The summed E-state index contributed by atoms with van der Waals surface area (Å²) < 4.78 is 5.32. The molecule has 1 saturated heterocycles. The van der Waals surface area contributed by atoms with Crippen LogP contribution in [0.2, 0.25) is 0 Å². The molecule has 20 heavy (non-hydrogen) atoms. The van der Waals surface area contributed by atoms with E-state index in [9.17, 15) is 0 Å². The Bertz CT molecular complexity index is 434. The van der Waals surface area contributed by atoms with Gasteiger partial charge in [0, 0.05) is 32.8 Å². The summed E-state index contributed by atoms with van der Waals surface area (Å²) in [5.41, 5.74) is 1.22. The van der Waals surface area contributed by atoms with E-state index in [0.29, 0.717) is 11.8 Å². The summed E-state index contributed by atoms with van der Waals surface area (Å²) in [7, 11) is 3.70. The molecule has 0 aliphatic carbocycles. The molecule has 1 aliphatic rings. The van der Waals surface area contributed by atoms with Crippen LogP contribution in [0.3, 0.4) is 0 Å². The number of aromatic nitrogens is 2. The van der Waals surface area contributed by atoms with Crippen molar-refractivity contribution in [1.82, 2.24) is 9.97 Å². The third-order valence-corrected chi connectivity index (χ3v) is 3.90. The molecule has 0 spiro atoms. The van der Waals surface area contributed by atoms with Crippen molar-refractivity contribution in [3.63, 3.8) is 0 Å². The van der Waals surface area contributed by atoms with Gasteiger partial charge in [0.1, 0.15) is 18.0 Å². The van der Waals surface area contributed by atoms with Crippen LogP contribution < -0.4 is 10.2 Å². The molecule has 1 unspecified atom stereocenters. The molecule has 5 heteroatoms. The van der Waals surface area contributed by atoms with Gasteiger partial charge in [-0.1, -0.05) is 13.8 Å². The predicted molar refractivity (Wildman–Crippen MR) is 82.5 cm³/mol. The van der Waals surface area contributed by atoms with Gasteiger partial charge in [0.15, 0.2) is 0 Å². The van der Waals surface area contributed by atoms with E-state index in [4.69, 9.17) is 4.74 Å². The smallest absolute Gasteiger partial charge is 0.137 e. The number of piperidine rings is 1. The third-order valence-electron chi connectivity index (χ3n) is 3.90. The lowest BCUT2D eigenvalue weighted by Gasteiger charge is -2.35. The van der Waals surface area contributed by atoms with Crippen molar-refractivity contribution in [3.05, 3.63) is 11.9 Å². The van der Waals surface area contributed by atoms with Crippen molar-refractivity contribution >= 4 is 11.6 Å². The highest BCUT2D eigenvalue weighted by molar-refractivity contribution is 5.60. The van der Waals surface area contributed by atoms with E-state index in [1.807, 2.05) is 7.05 Å². The van der Waals surface area contributed by atoms with E-state index in [2.05, 4.69) is 34.0 Å². The Morgan fingerprint density at radius 2 is 2.25 bits per heavy atom. The molecule has 0 amide bonds. The summed E-state index contributed by atoms with van der Waals surface area (Å²) in [6, 6.07) is 0. The normalized spacial score (nSPS) is 19.4. The van der Waals surface area contributed by atoms with Gasteiger partial charge in [0.25, 0.3) is 0 Å². The lowest BCUT2D eigenvalue weighted by Crippen LogP contribution is -2.38. The summed E-state index contributed by atoms with van der Waals surface area (Å²) in [6.45, 7) is 7.31. The fraction of sp³-hybridized carbons (Fsp3) is 0.733. The molecular formula is C15H26N4O. The number of ether oxygens (including phenoxy) is 1. The monoisotopic (exact) mass is 278 g/mol. The van der Waals surface area contributed by atoms with Crippen molar-refractivity contribution in [2.75, 3.05) is 44.1 Å². The van der Waals surface area contributed by atoms with Crippen molar-refractivity contribution in [3.8, 4) is 0 Å². The summed E-state index contributed by atoms with van der Waals surface area (Å²) in [5.74, 6) is 3.03. The average Bonchev–Trinajstić information content (AvgIpc) is 2.47. The second-order valence-corrected chi connectivity index (χ2v) is 5.77. The van der Waals surface area contributed by atoms with Crippen LogP contribution >= 0.6 is 0 Å². The second-order valence-electron chi connectivity index (χ2n) is 5.77. The van der Waals surface area contributed by atoms with Crippen molar-refractivity contribution in [1.29, 1.82) is 0 Å². The molecule has 1 fully saturated rings. The van der Waals surface area contributed by atoms with Gasteiger partial charge in [-0.3, -0.25) is 0 Å². The maximum atomic E-state index is 5.32. The van der Waals surface area contributed by atoms with Crippen molar-refractivity contribution in [2.45, 2.75) is 32.6 Å². The Morgan fingerprint density at radius 1 is 1.45 bits per heavy atom. The fourth-order valence-electron chi connectivity index (χ4n) is 3.00. The number of hydrogen-bond acceptors (Lipinski definition) is 5. The first kappa shape index (κ1) is 15.0. The van der Waals surface area contributed by atoms with Crippen LogP contribution in [0.15, 0.2) is 6.33 Å². The zero-order valence-corrected chi connectivity index (χ0v) is 13.0. The van der Waals surface area contributed by atoms with E-state index >= 15 is 0 Å².